The fraction of sp³-hybridized carbons (Fsp3) is 0.267. The Morgan fingerprint density at radius 2 is 1.90 bits per heavy atom. The number of nitrogens with zero attached hydrogens (tertiary/aromatic N) is 3. The van der Waals surface area contributed by atoms with Crippen molar-refractivity contribution >= 4 is 17.6 Å². The second kappa shape index (κ2) is 6.13. The predicted molar refractivity (Wildman–Crippen MR) is 84.1 cm³/mol. The smallest absolute Gasteiger partial charge is 0.173 e. The maximum atomic E-state index is 8.99. The monoisotopic (exact) mass is 302 g/mol. The summed E-state index contributed by atoms with van der Waals surface area (Å²) in [5.74, 6) is 0.0535. The van der Waals surface area contributed by atoms with Crippen LogP contribution in [-0.2, 0) is 0 Å². The third kappa shape index (κ3) is 3.16. The molecule has 2 rings (SSSR count). The van der Waals surface area contributed by atoms with Crippen LogP contribution in [0.5, 0.6) is 0 Å². The molecule has 0 unspecified atom stereocenters. The number of hydrogen-bond acceptors (Lipinski definition) is 5. The largest absolute Gasteiger partial charge is 0.409 e. The van der Waals surface area contributed by atoms with E-state index in [-0.39, 0.29) is 5.84 Å². The average Bonchev–Trinajstić information content (AvgIpc) is 2.45. The summed E-state index contributed by atoms with van der Waals surface area (Å²) in [6.45, 7) is 7.84. The zero-order valence-corrected chi connectivity index (χ0v) is 13.3. The average molecular weight is 302 g/mol. The van der Waals surface area contributed by atoms with Crippen LogP contribution in [0, 0.1) is 27.7 Å². The summed E-state index contributed by atoms with van der Waals surface area (Å²) in [6, 6.07) is 6.20. The van der Waals surface area contributed by atoms with Gasteiger partial charge >= 0.3 is 0 Å². The molecule has 0 atom stereocenters. The molecule has 2 aromatic rings. The molecule has 0 amide bonds. The normalized spacial score (nSPS) is 11.7. The molecule has 0 aliphatic heterocycles. The molecular weight excluding hydrogens is 284 g/mol. The zero-order chi connectivity index (χ0) is 15.6. The summed E-state index contributed by atoms with van der Waals surface area (Å²) in [6.07, 6.45) is 0. The summed E-state index contributed by atoms with van der Waals surface area (Å²) in [7, 11) is 0. The van der Waals surface area contributed by atoms with Crippen LogP contribution >= 0.6 is 11.8 Å². The first-order chi connectivity index (χ1) is 9.93. The van der Waals surface area contributed by atoms with E-state index in [0.29, 0.717) is 10.6 Å². The van der Waals surface area contributed by atoms with E-state index in [9.17, 15) is 0 Å². The van der Waals surface area contributed by atoms with Crippen molar-refractivity contribution in [3.05, 3.63) is 46.1 Å². The van der Waals surface area contributed by atoms with E-state index in [4.69, 9.17) is 10.9 Å². The van der Waals surface area contributed by atoms with Gasteiger partial charge in [-0.3, -0.25) is 0 Å². The van der Waals surface area contributed by atoms with Crippen LogP contribution in [0.2, 0.25) is 0 Å². The Morgan fingerprint density at radius 3 is 2.52 bits per heavy atom. The van der Waals surface area contributed by atoms with Crippen LogP contribution in [0.25, 0.3) is 0 Å². The van der Waals surface area contributed by atoms with Crippen molar-refractivity contribution in [1.82, 2.24) is 10.2 Å². The van der Waals surface area contributed by atoms with E-state index in [1.165, 1.54) is 17.3 Å². The summed E-state index contributed by atoms with van der Waals surface area (Å²) < 4.78 is 0. The highest BCUT2D eigenvalue weighted by Gasteiger charge is 2.17. The molecule has 1 aromatic heterocycles. The molecule has 110 valence electrons. The number of aryl methyl sites for hydroxylation is 3. The number of nitrogens with two attached hydrogens (primary N) is 1. The lowest BCUT2D eigenvalue weighted by Gasteiger charge is -2.12. The maximum absolute atomic E-state index is 8.99. The van der Waals surface area contributed by atoms with Crippen molar-refractivity contribution in [2.24, 2.45) is 10.9 Å². The molecule has 0 fully saturated rings. The first-order valence-electron chi connectivity index (χ1n) is 6.51. The van der Waals surface area contributed by atoms with Gasteiger partial charge in [-0.15, -0.1) is 5.10 Å². The Balaban J connectivity index is 2.52. The molecule has 3 N–H and O–H groups in total. The van der Waals surface area contributed by atoms with Crippen LogP contribution < -0.4 is 5.73 Å². The van der Waals surface area contributed by atoms with Crippen LogP contribution in [0.1, 0.15) is 27.9 Å². The molecule has 21 heavy (non-hydrogen) atoms. The van der Waals surface area contributed by atoms with Crippen LogP contribution in [0.3, 0.4) is 0 Å². The Morgan fingerprint density at radius 1 is 1.19 bits per heavy atom. The summed E-state index contributed by atoms with van der Waals surface area (Å²) in [5.41, 5.74) is 10.4. The molecule has 0 aliphatic carbocycles. The number of rotatable bonds is 3. The van der Waals surface area contributed by atoms with Gasteiger partial charge in [0.15, 0.2) is 5.84 Å². The highest BCUT2D eigenvalue weighted by Crippen LogP contribution is 2.32. The Hall–Kier alpha value is -2.08. The predicted octanol–water partition coefficient (Wildman–Crippen LogP) is 2.96. The molecule has 0 bridgehead atoms. The van der Waals surface area contributed by atoms with Crippen molar-refractivity contribution in [3.63, 3.8) is 0 Å². The van der Waals surface area contributed by atoms with Crippen LogP contribution in [0.4, 0.5) is 0 Å². The van der Waals surface area contributed by atoms with E-state index in [1.54, 1.807) is 0 Å². The Kier molecular flexibility index (Phi) is 4.47. The maximum Gasteiger partial charge on any atom is 0.173 e. The molecule has 6 heteroatoms. The van der Waals surface area contributed by atoms with Gasteiger partial charge in [-0.05, 0) is 44.9 Å². The molecule has 0 saturated carbocycles. The summed E-state index contributed by atoms with van der Waals surface area (Å²) in [4.78, 5) is 1.07. The van der Waals surface area contributed by atoms with Gasteiger partial charge in [-0.25, -0.2) is 0 Å². The van der Waals surface area contributed by atoms with E-state index in [0.717, 1.165) is 21.7 Å². The van der Waals surface area contributed by atoms with Crippen molar-refractivity contribution < 1.29 is 5.21 Å². The Bertz CT molecular complexity index is 713. The molecular formula is C15H18N4OS. The fourth-order valence-corrected chi connectivity index (χ4v) is 3.03. The first kappa shape index (κ1) is 15.3. The lowest BCUT2D eigenvalue weighted by atomic mass is 10.1. The van der Waals surface area contributed by atoms with Gasteiger partial charge in [-0.2, -0.15) is 5.10 Å². The van der Waals surface area contributed by atoms with Crippen molar-refractivity contribution in [1.29, 1.82) is 0 Å². The van der Waals surface area contributed by atoms with Gasteiger partial charge in [0.05, 0.1) is 11.3 Å². The van der Waals surface area contributed by atoms with Crippen molar-refractivity contribution in [3.8, 4) is 0 Å². The molecule has 0 saturated heterocycles. The van der Waals surface area contributed by atoms with Gasteiger partial charge in [0.25, 0.3) is 0 Å². The van der Waals surface area contributed by atoms with Crippen molar-refractivity contribution in [2.75, 3.05) is 0 Å². The van der Waals surface area contributed by atoms with Gasteiger partial charge < -0.3 is 10.9 Å². The van der Waals surface area contributed by atoms with E-state index in [1.807, 2.05) is 32.9 Å². The summed E-state index contributed by atoms with van der Waals surface area (Å²) in [5, 5.41) is 21.1. The third-order valence-corrected chi connectivity index (χ3v) is 4.48. The highest BCUT2D eigenvalue weighted by molar-refractivity contribution is 7.99. The minimum atomic E-state index is 0.0535. The zero-order valence-electron chi connectivity index (χ0n) is 12.5. The number of benzene rings is 1. The minimum absolute atomic E-state index is 0.0535. The second-order valence-electron chi connectivity index (χ2n) is 4.95. The molecule has 5 nitrogen and oxygen atoms in total. The van der Waals surface area contributed by atoms with Crippen LogP contribution in [0.15, 0.2) is 33.3 Å². The van der Waals surface area contributed by atoms with Gasteiger partial charge in [0.2, 0.25) is 0 Å². The fourth-order valence-electron chi connectivity index (χ4n) is 2.03. The first-order valence-corrected chi connectivity index (χ1v) is 7.32. The summed E-state index contributed by atoms with van der Waals surface area (Å²) >= 11 is 1.47. The number of amidine groups is 1. The lowest BCUT2D eigenvalue weighted by molar-refractivity contribution is 0.318. The van der Waals surface area contributed by atoms with E-state index in [2.05, 4.69) is 28.3 Å². The van der Waals surface area contributed by atoms with E-state index >= 15 is 0 Å². The standard InChI is InChI=1S/C15H18N4OS/c1-8-5-6-12(9(2)7-8)21-15-13(14(16)19-20)10(3)11(4)17-18-15/h5-7,20H,1-4H3,(H2,16,19). The molecule has 1 heterocycles. The minimum Gasteiger partial charge on any atom is -0.409 e. The van der Waals surface area contributed by atoms with E-state index < -0.39 is 0 Å². The van der Waals surface area contributed by atoms with Crippen molar-refractivity contribution in [2.45, 2.75) is 37.6 Å². The van der Waals surface area contributed by atoms with Crippen LogP contribution in [-0.4, -0.2) is 21.2 Å². The Labute approximate surface area is 128 Å². The second-order valence-corrected chi connectivity index (χ2v) is 5.98. The number of oxime groups is 1. The highest BCUT2D eigenvalue weighted by atomic mass is 32.2. The number of hydrogen-bond donors (Lipinski definition) is 2. The quantitative estimate of drug-likeness (QED) is 0.394. The van der Waals surface area contributed by atoms with Gasteiger partial charge in [0.1, 0.15) is 5.03 Å². The van der Waals surface area contributed by atoms with Gasteiger partial charge in [-0.1, -0.05) is 34.6 Å². The van der Waals surface area contributed by atoms with Gasteiger partial charge in [0, 0.05) is 4.90 Å². The lowest BCUT2D eigenvalue weighted by Crippen LogP contribution is -2.18. The number of aromatic nitrogens is 2. The molecule has 0 radical (unpaired) electrons. The third-order valence-electron chi connectivity index (χ3n) is 3.32. The SMILES string of the molecule is Cc1ccc(Sc2nnc(C)c(C)c2/C(N)=N/O)c(C)c1. The molecule has 0 aliphatic rings. The molecule has 1 aromatic carbocycles. The topological polar surface area (TPSA) is 84.4 Å². The molecule has 0 spiro atoms.